The van der Waals surface area contributed by atoms with Crippen LogP contribution in [-0.4, -0.2) is 31.7 Å². The minimum atomic E-state index is -2.72. The number of hydrogen-bond donors (Lipinski definition) is 1. The number of methoxy groups -OCH3 is 1. The molecule has 1 unspecified atom stereocenters. The smallest absolute Gasteiger partial charge is 0.282 e. The lowest BCUT2D eigenvalue weighted by Crippen LogP contribution is -2.13. The first-order valence-electron chi connectivity index (χ1n) is 11.3. The summed E-state index contributed by atoms with van der Waals surface area (Å²) in [5, 5.41) is 8.89. The van der Waals surface area contributed by atoms with Crippen molar-refractivity contribution < 1.29 is 18.3 Å². The number of ether oxygens (including phenoxy) is 2. The first-order valence-corrected chi connectivity index (χ1v) is 11.3. The summed E-state index contributed by atoms with van der Waals surface area (Å²) in [7, 11) is 1.54. The van der Waals surface area contributed by atoms with Crippen molar-refractivity contribution in [3.05, 3.63) is 64.6 Å². The number of fused-ring (bicyclic) bond motifs is 7. The molecule has 0 fully saturated rings. The molecule has 2 N–H and O–H groups in total. The molecule has 0 spiro atoms. The Kier molecular flexibility index (Phi) is 5.66. The van der Waals surface area contributed by atoms with E-state index in [0.29, 0.717) is 29.6 Å². The largest absolute Gasteiger partial charge is 0.482 e. The predicted molar refractivity (Wildman–Crippen MR) is 127 cm³/mol. The molecule has 182 valence electrons. The SMILES string of the molecule is CCn1nc(OC)c2c1-c1cnc(N)c(c1)OC(C)c1cc(C)ccc1-n1nc(C(F)F)cc1C2. The van der Waals surface area contributed by atoms with Gasteiger partial charge in [0.05, 0.1) is 18.5 Å². The second-order valence-electron chi connectivity index (χ2n) is 8.53. The highest BCUT2D eigenvalue weighted by molar-refractivity contribution is 5.70. The van der Waals surface area contributed by atoms with Gasteiger partial charge in [-0.1, -0.05) is 17.7 Å². The van der Waals surface area contributed by atoms with Crippen LogP contribution in [-0.2, 0) is 13.0 Å². The van der Waals surface area contributed by atoms with Crippen LogP contribution in [0.2, 0.25) is 0 Å². The molecule has 0 radical (unpaired) electrons. The van der Waals surface area contributed by atoms with E-state index < -0.39 is 12.5 Å². The van der Waals surface area contributed by atoms with E-state index in [9.17, 15) is 8.78 Å². The number of hydrogen-bond acceptors (Lipinski definition) is 6. The summed E-state index contributed by atoms with van der Waals surface area (Å²) in [6.45, 7) is 6.37. The van der Waals surface area contributed by atoms with Crippen molar-refractivity contribution >= 4 is 5.82 Å². The summed E-state index contributed by atoms with van der Waals surface area (Å²) in [5.74, 6) is 1.08. The minimum absolute atomic E-state index is 0.253. The summed E-state index contributed by atoms with van der Waals surface area (Å²) < 4.78 is 42.9. The summed E-state index contributed by atoms with van der Waals surface area (Å²) in [5.41, 5.74) is 11.1. The number of nitrogens with two attached hydrogens (primary N) is 1. The lowest BCUT2D eigenvalue weighted by Gasteiger charge is -2.22. The topological polar surface area (TPSA) is 93.0 Å². The number of pyridine rings is 1. The van der Waals surface area contributed by atoms with Gasteiger partial charge < -0.3 is 15.2 Å². The highest BCUT2D eigenvalue weighted by Crippen LogP contribution is 2.39. The quantitative estimate of drug-likeness (QED) is 0.442. The summed E-state index contributed by atoms with van der Waals surface area (Å²) in [6.07, 6.45) is -1.25. The van der Waals surface area contributed by atoms with E-state index in [4.69, 9.17) is 15.2 Å². The Hall–Kier alpha value is -3.95. The predicted octanol–water partition coefficient (Wildman–Crippen LogP) is 5.03. The fourth-order valence-electron chi connectivity index (χ4n) is 4.54. The molecule has 3 aromatic heterocycles. The number of alkyl halides is 2. The molecule has 0 amide bonds. The number of anilines is 1. The number of aryl methyl sites for hydroxylation is 2. The van der Waals surface area contributed by atoms with Gasteiger partial charge in [0.25, 0.3) is 6.43 Å². The van der Waals surface area contributed by atoms with Crippen molar-refractivity contribution in [1.82, 2.24) is 24.5 Å². The van der Waals surface area contributed by atoms with Crippen LogP contribution in [0.5, 0.6) is 11.6 Å². The van der Waals surface area contributed by atoms with Gasteiger partial charge >= 0.3 is 0 Å². The number of aromatic nitrogens is 5. The van der Waals surface area contributed by atoms with Crippen molar-refractivity contribution in [2.24, 2.45) is 0 Å². The Morgan fingerprint density at radius 3 is 2.74 bits per heavy atom. The molecule has 0 saturated carbocycles. The van der Waals surface area contributed by atoms with Crippen molar-refractivity contribution in [2.45, 2.75) is 46.3 Å². The third kappa shape index (κ3) is 3.88. The van der Waals surface area contributed by atoms with Gasteiger partial charge in [-0.05, 0) is 39.0 Å². The van der Waals surface area contributed by atoms with E-state index >= 15 is 0 Å². The maximum Gasteiger partial charge on any atom is 0.282 e. The number of nitrogens with zero attached hydrogens (tertiary/aromatic N) is 5. The molecule has 1 aromatic carbocycles. The van der Waals surface area contributed by atoms with E-state index in [1.807, 2.05) is 45.0 Å². The average molecular weight is 481 g/mol. The molecule has 10 heteroatoms. The van der Waals surface area contributed by atoms with Gasteiger partial charge in [0.2, 0.25) is 5.88 Å². The van der Waals surface area contributed by atoms with Crippen molar-refractivity contribution in [1.29, 1.82) is 0 Å². The zero-order valence-corrected chi connectivity index (χ0v) is 19.9. The van der Waals surface area contributed by atoms with Crippen LogP contribution in [0.1, 0.15) is 54.5 Å². The second kappa shape index (κ2) is 8.68. The molecule has 1 atom stereocenters. The molecule has 0 saturated heterocycles. The number of benzene rings is 1. The van der Waals surface area contributed by atoms with Crippen LogP contribution in [0.3, 0.4) is 0 Å². The summed E-state index contributed by atoms with van der Waals surface area (Å²) in [6, 6.07) is 9.03. The fourth-order valence-corrected chi connectivity index (χ4v) is 4.54. The van der Waals surface area contributed by atoms with Crippen LogP contribution >= 0.6 is 0 Å². The van der Waals surface area contributed by atoms with Crippen molar-refractivity contribution in [3.8, 4) is 28.6 Å². The molecular weight excluding hydrogens is 454 g/mol. The average Bonchev–Trinajstić information content (AvgIpc) is 3.41. The third-order valence-electron chi connectivity index (χ3n) is 6.20. The van der Waals surface area contributed by atoms with Gasteiger partial charge in [-0.2, -0.15) is 5.10 Å². The molecular formula is C25H26F2N6O2. The number of rotatable bonds is 3. The van der Waals surface area contributed by atoms with Gasteiger partial charge in [-0.25, -0.2) is 18.4 Å². The maximum absolute atomic E-state index is 13.8. The Morgan fingerprint density at radius 1 is 1.23 bits per heavy atom. The lowest BCUT2D eigenvalue weighted by atomic mass is 10.0. The van der Waals surface area contributed by atoms with Crippen LogP contribution in [0.15, 0.2) is 36.5 Å². The van der Waals surface area contributed by atoms with Crippen molar-refractivity contribution in [3.63, 3.8) is 0 Å². The molecule has 1 aliphatic heterocycles. The molecule has 4 aromatic rings. The third-order valence-corrected chi connectivity index (χ3v) is 6.20. The Labute approximate surface area is 201 Å². The normalized spacial score (nSPS) is 14.9. The Bertz CT molecular complexity index is 1410. The lowest BCUT2D eigenvalue weighted by molar-refractivity contribution is 0.145. The molecule has 8 nitrogen and oxygen atoms in total. The van der Waals surface area contributed by atoms with Crippen LogP contribution in [0.25, 0.3) is 16.9 Å². The maximum atomic E-state index is 13.8. The molecule has 4 heterocycles. The molecule has 35 heavy (non-hydrogen) atoms. The zero-order chi connectivity index (χ0) is 24.9. The van der Waals surface area contributed by atoms with E-state index in [-0.39, 0.29) is 17.9 Å². The van der Waals surface area contributed by atoms with Gasteiger partial charge in [-0.15, -0.1) is 5.10 Å². The minimum Gasteiger partial charge on any atom is -0.482 e. The Morgan fingerprint density at radius 2 is 2.03 bits per heavy atom. The molecule has 2 bridgehead atoms. The zero-order valence-electron chi connectivity index (χ0n) is 19.9. The van der Waals surface area contributed by atoms with E-state index in [0.717, 1.165) is 27.9 Å². The summed E-state index contributed by atoms with van der Waals surface area (Å²) >= 11 is 0. The van der Waals surface area contributed by atoms with Crippen LogP contribution in [0, 0.1) is 6.92 Å². The standard InChI is InChI=1S/C25H26F2N6O2/c1-5-32-22-15-9-21(24(28)29-12-15)35-14(3)17-8-13(2)6-7-20(17)33-16(11-19(30-33)23(26)27)10-18(22)25(31-32)34-4/h6-9,11-12,14,23H,5,10H2,1-4H3,(H2,28,29). The van der Waals surface area contributed by atoms with E-state index in [1.165, 1.54) is 13.2 Å². The van der Waals surface area contributed by atoms with Gasteiger partial charge in [0, 0.05) is 41.5 Å². The van der Waals surface area contributed by atoms with E-state index in [2.05, 4.69) is 15.2 Å². The highest BCUT2D eigenvalue weighted by Gasteiger charge is 2.27. The highest BCUT2D eigenvalue weighted by atomic mass is 19.3. The fraction of sp³-hybridized carbons (Fsp3) is 0.320. The van der Waals surface area contributed by atoms with Crippen molar-refractivity contribution in [2.75, 3.05) is 12.8 Å². The summed E-state index contributed by atoms with van der Waals surface area (Å²) in [4.78, 5) is 4.37. The first-order chi connectivity index (χ1) is 16.8. The first kappa shape index (κ1) is 22.8. The van der Waals surface area contributed by atoms with Crippen LogP contribution < -0.4 is 15.2 Å². The number of halogens is 2. The molecule has 1 aliphatic rings. The number of nitrogen functional groups attached to an aromatic ring is 1. The van der Waals surface area contributed by atoms with Gasteiger partial charge in [0.15, 0.2) is 11.6 Å². The Balaban J connectivity index is 1.85. The molecule has 5 rings (SSSR count). The second-order valence-corrected chi connectivity index (χ2v) is 8.53. The monoisotopic (exact) mass is 480 g/mol. The van der Waals surface area contributed by atoms with E-state index in [1.54, 1.807) is 15.6 Å². The molecule has 0 aliphatic carbocycles. The van der Waals surface area contributed by atoms with Crippen LogP contribution in [0.4, 0.5) is 14.6 Å². The van der Waals surface area contributed by atoms with Gasteiger partial charge in [0.1, 0.15) is 11.8 Å². The van der Waals surface area contributed by atoms with Gasteiger partial charge in [-0.3, -0.25) is 4.68 Å².